The highest BCUT2D eigenvalue weighted by atomic mass is 32.2. The molecule has 3 heterocycles. The minimum absolute atomic E-state index is 0.112. The van der Waals surface area contributed by atoms with Gasteiger partial charge in [-0.1, -0.05) is 30.0 Å². The predicted molar refractivity (Wildman–Crippen MR) is 129 cm³/mol. The Kier molecular flexibility index (Phi) is 6.25. The molecule has 2 aliphatic rings. The quantitative estimate of drug-likeness (QED) is 0.385. The van der Waals surface area contributed by atoms with Crippen molar-refractivity contribution in [3.05, 3.63) is 52.9 Å². The van der Waals surface area contributed by atoms with E-state index in [1.165, 1.54) is 11.8 Å². The predicted octanol–water partition coefficient (Wildman–Crippen LogP) is 3.97. The van der Waals surface area contributed by atoms with Crippen molar-refractivity contribution in [3.8, 4) is 11.5 Å². The molecular weight excluding hydrogens is 482 g/mol. The Morgan fingerprint density at radius 3 is 2.91 bits per heavy atom. The summed E-state index contributed by atoms with van der Waals surface area (Å²) in [5.41, 5.74) is 1.66. The van der Waals surface area contributed by atoms with Crippen LogP contribution < -0.4 is 14.8 Å². The zero-order valence-corrected chi connectivity index (χ0v) is 19.6. The van der Waals surface area contributed by atoms with Crippen molar-refractivity contribution >= 4 is 68.2 Å². The summed E-state index contributed by atoms with van der Waals surface area (Å²) in [6.07, 6.45) is 1.65. The highest BCUT2D eigenvalue weighted by Crippen LogP contribution is 2.36. The summed E-state index contributed by atoms with van der Waals surface area (Å²) < 4.78 is 12.5. The number of hydrogen-bond donors (Lipinski definition) is 1. The number of rotatable bonds is 7. The molecular formula is C22H17N3O5S3. The number of ether oxygens (including phenoxy) is 2. The number of carbonyl (C=O) groups is 3. The Morgan fingerprint density at radius 1 is 1.18 bits per heavy atom. The van der Waals surface area contributed by atoms with Gasteiger partial charge in [0.25, 0.3) is 11.1 Å². The molecule has 8 nitrogen and oxygen atoms in total. The van der Waals surface area contributed by atoms with E-state index in [4.69, 9.17) is 9.47 Å². The van der Waals surface area contributed by atoms with E-state index in [1.807, 2.05) is 24.3 Å². The van der Waals surface area contributed by atoms with Gasteiger partial charge in [-0.3, -0.25) is 19.3 Å². The monoisotopic (exact) mass is 499 g/mol. The van der Waals surface area contributed by atoms with Crippen molar-refractivity contribution < 1.29 is 23.9 Å². The van der Waals surface area contributed by atoms with Crippen molar-refractivity contribution in [1.29, 1.82) is 0 Å². The van der Waals surface area contributed by atoms with Gasteiger partial charge in [0.05, 0.1) is 20.9 Å². The third-order valence-corrected chi connectivity index (χ3v) is 7.91. The van der Waals surface area contributed by atoms with Crippen molar-refractivity contribution in [2.24, 2.45) is 0 Å². The molecule has 3 amide bonds. The summed E-state index contributed by atoms with van der Waals surface area (Å²) in [6.45, 7) is 0.468. The van der Waals surface area contributed by atoms with Crippen molar-refractivity contribution in [1.82, 2.24) is 15.2 Å². The summed E-state index contributed by atoms with van der Waals surface area (Å²) in [6, 6.07) is 13.1. The van der Waals surface area contributed by atoms with Crippen LogP contribution in [-0.2, 0) is 9.59 Å². The van der Waals surface area contributed by atoms with Gasteiger partial charge in [-0.2, -0.15) is 0 Å². The van der Waals surface area contributed by atoms with E-state index in [2.05, 4.69) is 10.3 Å². The zero-order chi connectivity index (χ0) is 22.8. The summed E-state index contributed by atoms with van der Waals surface area (Å²) >= 11 is 3.79. The van der Waals surface area contributed by atoms with Gasteiger partial charge in [-0.15, -0.1) is 11.3 Å². The molecule has 168 valence electrons. The highest BCUT2D eigenvalue weighted by molar-refractivity contribution is 8.18. The van der Waals surface area contributed by atoms with E-state index < -0.39 is 0 Å². The van der Waals surface area contributed by atoms with E-state index in [0.29, 0.717) is 16.4 Å². The first-order valence-corrected chi connectivity index (χ1v) is 12.6. The molecule has 2 aliphatic heterocycles. The average molecular weight is 500 g/mol. The van der Waals surface area contributed by atoms with Crippen molar-refractivity contribution in [2.75, 3.05) is 25.6 Å². The van der Waals surface area contributed by atoms with Crippen LogP contribution >= 0.6 is 34.9 Å². The standard InChI is InChI=1S/C22H17N3O5S3/c26-19(11-31-21-24-14-3-1-2-4-17(14)32-21)23-7-8-25-20(27)18(33-22(25)28)10-13-5-6-15-16(9-13)30-12-29-15/h1-6,9-10H,7-8,11-12H2,(H,23,26). The number of para-hydroxylation sites is 1. The maximum Gasteiger partial charge on any atom is 0.293 e. The minimum atomic E-state index is -0.374. The van der Waals surface area contributed by atoms with Crippen LogP contribution in [0.1, 0.15) is 5.56 Å². The summed E-state index contributed by atoms with van der Waals surface area (Å²) in [5, 5.41) is 2.40. The second kappa shape index (κ2) is 9.46. The zero-order valence-electron chi connectivity index (χ0n) is 17.1. The molecule has 2 aromatic carbocycles. The Balaban J connectivity index is 1.12. The largest absolute Gasteiger partial charge is 0.454 e. The fourth-order valence-electron chi connectivity index (χ4n) is 3.25. The lowest BCUT2D eigenvalue weighted by atomic mass is 10.2. The van der Waals surface area contributed by atoms with Gasteiger partial charge in [0.1, 0.15) is 0 Å². The summed E-state index contributed by atoms with van der Waals surface area (Å²) in [5.74, 6) is 0.917. The van der Waals surface area contributed by atoms with Crippen LogP contribution in [0.25, 0.3) is 16.3 Å². The lowest BCUT2D eigenvalue weighted by Gasteiger charge is -2.12. The molecule has 0 aliphatic carbocycles. The number of imide groups is 1. The summed E-state index contributed by atoms with van der Waals surface area (Å²) in [7, 11) is 0. The van der Waals surface area contributed by atoms with E-state index in [9.17, 15) is 14.4 Å². The van der Waals surface area contributed by atoms with E-state index >= 15 is 0 Å². The van der Waals surface area contributed by atoms with Gasteiger partial charge >= 0.3 is 0 Å². The van der Waals surface area contributed by atoms with Crippen LogP contribution in [0.15, 0.2) is 51.7 Å². The molecule has 0 spiro atoms. The molecule has 1 aromatic heterocycles. The second-order valence-electron chi connectivity index (χ2n) is 7.03. The number of aromatic nitrogens is 1. The van der Waals surface area contributed by atoms with Gasteiger partial charge < -0.3 is 14.8 Å². The summed E-state index contributed by atoms with van der Waals surface area (Å²) in [4.78, 5) is 43.1. The molecule has 0 saturated carbocycles. The van der Waals surface area contributed by atoms with Crippen molar-refractivity contribution in [3.63, 3.8) is 0 Å². The molecule has 0 bridgehead atoms. The van der Waals surface area contributed by atoms with Crippen LogP contribution in [0.5, 0.6) is 11.5 Å². The molecule has 0 atom stereocenters. The smallest absolute Gasteiger partial charge is 0.293 e. The lowest BCUT2D eigenvalue weighted by molar-refractivity contribution is -0.123. The van der Waals surface area contributed by atoms with Crippen LogP contribution in [0.4, 0.5) is 4.79 Å². The highest BCUT2D eigenvalue weighted by Gasteiger charge is 2.34. The molecule has 0 unspecified atom stereocenters. The number of thiazole rings is 1. The molecule has 1 saturated heterocycles. The van der Waals surface area contributed by atoms with Crippen molar-refractivity contribution in [2.45, 2.75) is 4.34 Å². The fraction of sp³-hybridized carbons (Fsp3) is 0.182. The van der Waals surface area contributed by atoms with E-state index in [-0.39, 0.29) is 42.7 Å². The molecule has 11 heteroatoms. The van der Waals surface area contributed by atoms with Gasteiger partial charge in [0.15, 0.2) is 15.8 Å². The Hall–Kier alpha value is -3.02. The lowest BCUT2D eigenvalue weighted by Crippen LogP contribution is -2.37. The number of nitrogens with zero attached hydrogens (tertiary/aromatic N) is 2. The normalized spacial score (nSPS) is 16.2. The first kappa shape index (κ1) is 21.8. The number of nitrogens with one attached hydrogen (secondary N) is 1. The maximum atomic E-state index is 12.7. The molecule has 1 fully saturated rings. The van der Waals surface area contributed by atoms with E-state index in [0.717, 1.165) is 36.8 Å². The van der Waals surface area contributed by atoms with Gasteiger partial charge in [-0.05, 0) is 47.7 Å². The molecule has 33 heavy (non-hydrogen) atoms. The van der Waals surface area contributed by atoms with Gasteiger partial charge in [0.2, 0.25) is 12.7 Å². The SMILES string of the molecule is O=C(CSc1nc2ccccc2s1)NCCN1C(=O)SC(=Cc2ccc3c(c2)OCO3)C1=O. The van der Waals surface area contributed by atoms with E-state index in [1.54, 1.807) is 35.6 Å². The number of thioether (sulfide) groups is 2. The third-order valence-electron chi connectivity index (χ3n) is 4.83. The topological polar surface area (TPSA) is 97.8 Å². The number of carbonyl (C=O) groups excluding carboxylic acids is 3. The number of hydrogen-bond acceptors (Lipinski definition) is 9. The number of fused-ring (bicyclic) bond motifs is 2. The maximum absolute atomic E-state index is 12.7. The minimum Gasteiger partial charge on any atom is -0.454 e. The fourth-order valence-corrected chi connectivity index (χ4v) is 6.01. The third kappa shape index (κ3) is 4.85. The second-order valence-corrected chi connectivity index (χ2v) is 10.3. The van der Waals surface area contributed by atoms with Gasteiger partial charge in [-0.25, -0.2) is 4.98 Å². The average Bonchev–Trinajstić information content (AvgIpc) is 3.51. The van der Waals surface area contributed by atoms with Crippen LogP contribution in [0, 0.1) is 0 Å². The Bertz CT molecular complexity index is 1260. The number of amides is 3. The molecule has 1 N–H and O–H groups in total. The van der Waals surface area contributed by atoms with Gasteiger partial charge in [0, 0.05) is 13.1 Å². The molecule has 5 rings (SSSR count). The van der Waals surface area contributed by atoms with Crippen LogP contribution in [0.2, 0.25) is 0 Å². The molecule has 3 aromatic rings. The Labute approximate surface area is 201 Å². The first-order chi connectivity index (χ1) is 16.1. The Morgan fingerprint density at radius 2 is 2.03 bits per heavy atom. The molecule has 0 radical (unpaired) electrons. The number of benzene rings is 2. The van der Waals surface area contributed by atoms with Crippen LogP contribution in [0.3, 0.4) is 0 Å². The first-order valence-electron chi connectivity index (χ1n) is 9.97. The van der Waals surface area contributed by atoms with Crippen LogP contribution in [-0.4, -0.2) is 52.6 Å².